The molecule has 104 valence electrons. The molecular formula is C14H12O6. The van der Waals surface area contributed by atoms with E-state index in [1.807, 2.05) is 0 Å². The van der Waals surface area contributed by atoms with Crippen molar-refractivity contribution in [2.45, 2.75) is 5.79 Å². The summed E-state index contributed by atoms with van der Waals surface area (Å²) in [6.07, 6.45) is 1.28. The number of rotatable bonds is 5. The number of ketones is 1. The molecule has 2 aromatic rings. The molecule has 1 heterocycles. The van der Waals surface area contributed by atoms with Gasteiger partial charge in [-0.15, -0.1) is 0 Å². The highest BCUT2D eigenvalue weighted by atomic mass is 16.7. The van der Waals surface area contributed by atoms with Crippen LogP contribution in [0.4, 0.5) is 0 Å². The van der Waals surface area contributed by atoms with E-state index in [-0.39, 0.29) is 11.5 Å². The van der Waals surface area contributed by atoms with Crippen LogP contribution in [-0.2, 0) is 9.53 Å². The second kappa shape index (κ2) is 5.58. The van der Waals surface area contributed by atoms with Crippen molar-refractivity contribution in [2.75, 3.05) is 7.11 Å². The van der Waals surface area contributed by atoms with E-state index < -0.39 is 17.5 Å². The number of benzene rings is 1. The fraction of sp³-hybridized carbons (Fsp3) is 0.143. The van der Waals surface area contributed by atoms with E-state index in [2.05, 4.69) is 4.74 Å². The summed E-state index contributed by atoms with van der Waals surface area (Å²) in [5, 5.41) is 10.3. The molecule has 1 aromatic heterocycles. The highest BCUT2D eigenvalue weighted by Gasteiger charge is 2.49. The maximum Gasteiger partial charge on any atom is 0.388 e. The number of hydrogen-bond donors (Lipinski definition) is 1. The van der Waals surface area contributed by atoms with E-state index in [0.717, 1.165) is 7.11 Å². The summed E-state index contributed by atoms with van der Waals surface area (Å²) in [4.78, 5) is 24.0. The summed E-state index contributed by atoms with van der Waals surface area (Å²) in [5.74, 6) is -5.15. The maximum absolute atomic E-state index is 12.3. The van der Waals surface area contributed by atoms with Crippen molar-refractivity contribution in [3.05, 3.63) is 54.3 Å². The molecule has 0 amide bonds. The smallest absolute Gasteiger partial charge is 0.388 e. The summed E-state index contributed by atoms with van der Waals surface area (Å²) in [6, 6.07) is 10.6. The Kier molecular flexibility index (Phi) is 3.86. The SMILES string of the molecule is COC(=O)C(O)(Oc1ccco1)C(=O)c1ccccc1. The number of hydrogen-bond acceptors (Lipinski definition) is 6. The second-order valence-electron chi connectivity index (χ2n) is 3.86. The lowest BCUT2D eigenvalue weighted by molar-refractivity contribution is -0.185. The van der Waals surface area contributed by atoms with Crippen molar-refractivity contribution in [3.8, 4) is 5.95 Å². The lowest BCUT2D eigenvalue weighted by Gasteiger charge is -2.23. The van der Waals surface area contributed by atoms with Gasteiger partial charge >= 0.3 is 11.8 Å². The molecule has 0 aliphatic rings. The van der Waals surface area contributed by atoms with Crippen LogP contribution >= 0.6 is 0 Å². The Balaban J connectivity index is 2.36. The predicted molar refractivity (Wildman–Crippen MR) is 67.1 cm³/mol. The van der Waals surface area contributed by atoms with Crippen molar-refractivity contribution >= 4 is 11.8 Å². The third-order valence-electron chi connectivity index (χ3n) is 2.55. The van der Waals surface area contributed by atoms with Gasteiger partial charge in [-0.2, -0.15) is 0 Å². The van der Waals surface area contributed by atoms with Crippen LogP contribution in [0.5, 0.6) is 5.95 Å². The van der Waals surface area contributed by atoms with Crippen molar-refractivity contribution < 1.29 is 28.6 Å². The number of ether oxygens (including phenoxy) is 2. The van der Waals surface area contributed by atoms with Crippen LogP contribution in [0.3, 0.4) is 0 Å². The van der Waals surface area contributed by atoms with Gasteiger partial charge in [-0.1, -0.05) is 30.3 Å². The van der Waals surface area contributed by atoms with E-state index >= 15 is 0 Å². The fourth-order valence-corrected chi connectivity index (χ4v) is 1.57. The van der Waals surface area contributed by atoms with Crippen molar-refractivity contribution in [1.29, 1.82) is 0 Å². The Morgan fingerprint density at radius 2 is 1.85 bits per heavy atom. The molecule has 2 rings (SSSR count). The van der Waals surface area contributed by atoms with Gasteiger partial charge in [-0.05, 0) is 6.07 Å². The first kappa shape index (κ1) is 13.8. The Labute approximate surface area is 114 Å². The number of methoxy groups -OCH3 is 1. The quantitative estimate of drug-likeness (QED) is 0.384. The maximum atomic E-state index is 12.3. The summed E-state index contributed by atoms with van der Waals surface area (Å²) < 4.78 is 14.3. The van der Waals surface area contributed by atoms with Crippen LogP contribution in [0.2, 0.25) is 0 Å². The minimum Gasteiger partial charge on any atom is -0.464 e. The topological polar surface area (TPSA) is 86.0 Å². The molecule has 6 heteroatoms. The molecule has 1 N–H and O–H groups in total. The average molecular weight is 276 g/mol. The van der Waals surface area contributed by atoms with E-state index in [9.17, 15) is 14.7 Å². The van der Waals surface area contributed by atoms with Crippen LogP contribution in [0.15, 0.2) is 53.1 Å². The largest absolute Gasteiger partial charge is 0.464 e. The Morgan fingerprint density at radius 1 is 1.15 bits per heavy atom. The minimum absolute atomic E-state index is 0.104. The van der Waals surface area contributed by atoms with Crippen molar-refractivity contribution in [3.63, 3.8) is 0 Å². The molecule has 0 radical (unpaired) electrons. The summed E-state index contributed by atoms with van der Waals surface area (Å²) in [7, 11) is 1.04. The molecule has 0 aliphatic carbocycles. The van der Waals surface area contributed by atoms with Gasteiger partial charge in [0, 0.05) is 11.6 Å². The zero-order valence-electron chi connectivity index (χ0n) is 10.6. The second-order valence-corrected chi connectivity index (χ2v) is 3.86. The molecule has 0 fully saturated rings. The van der Waals surface area contributed by atoms with Gasteiger partial charge in [0.05, 0.1) is 13.4 Å². The Bertz CT molecular complexity index is 589. The molecule has 1 atom stereocenters. The van der Waals surface area contributed by atoms with E-state index in [1.54, 1.807) is 18.2 Å². The highest BCUT2D eigenvalue weighted by Crippen LogP contribution is 2.22. The van der Waals surface area contributed by atoms with Crippen molar-refractivity contribution in [1.82, 2.24) is 0 Å². The molecule has 0 aliphatic heterocycles. The third kappa shape index (κ3) is 2.55. The van der Waals surface area contributed by atoms with E-state index in [4.69, 9.17) is 9.15 Å². The first-order valence-corrected chi connectivity index (χ1v) is 5.71. The van der Waals surface area contributed by atoms with Gasteiger partial charge in [0.15, 0.2) is 0 Å². The molecule has 1 aromatic carbocycles. The van der Waals surface area contributed by atoms with Crippen LogP contribution in [0.1, 0.15) is 10.4 Å². The van der Waals surface area contributed by atoms with E-state index in [0.29, 0.717) is 0 Å². The van der Waals surface area contributed by atoms with Gasteiger partial charge in [-0.25, -0.2) is 4.79 Å². The van der Waals surface area contributed by atoms with Crippen LogP contribution in [0.25, 0.3) is 0 Å². The van der Waals surface area contributed by atoms with Gasteiger partial charge in [-0.3, -0.25) is 4.79 Å². The minimum atomic E-state index is -2.80. The zero-order chi connectivity index (χ0) is 14.6. The molecule has 20 heavy (non-hydrogen) atoms. The number of aliphatic hydroxyl groups is 1. The Morgan fingerprint density at radius 3 is 2.40 bits per heavy atom. The monoisotopic (exact) mass is 276 g/mol. The van der Waals surface area contributed by atoms with E-state index in [1.165, 1.54) is 30.5 Å². The lowest BCUT2D eigenvalue weighted by atomic mass is 10.0. The molecule has 6 nitrogen and oxygen atoms in total. The van der Waals surface area contributed by atoms with Gasteiger partial charge in [0.25, 0.3) is 5.95 Å². The molecule has 0 spiro atoms. The molecular weight excluding hydrogens is 264 g/mol. The number of Topliss-reactive ketones (excluding diaryl/α,β-unsaturated/α-hetero) is 1. The normalized spacial score (nSPS) is 13.3. The number of carbonyl (C=O) groups excluding carboxylic acids is 2. The predicted octanol–water partition coefficient (Wildman–Crippen LogP) is 1.40. The fourth-order valence-electron chi connectivity index (χ4n) is 1.57. The third-order valence-corrected chi connectivity index (χ3v) is 2.55. The average Bonchev–Trinajstić information content (AvgIpc) is 2.99. The molecule has 0 saturated carbocycles. The van der Waals surface area contributed by atoms with Crippen LogP contribution in [-0.4, -0.2) is 29.8 Å². The number of esters is 1. The summed E-state index contributed by atoms with van der Waals surface area (Å²) in [6.45, 7) is 0. The Hall–Kier alpha value is -2.60. The van der Waals surface area contributed by atoms with Gasteiger partial charge in [0.1, 0.15) is 0 Å². The van der Waals surface area contributed by atoms with Crippen LogP contribution in [0, 0.1) is 0 Å². The highest BCUT2D eigenvalue weighted by molar-refractivity contribution is 6.14. The van der Waals surface area contributed by atoms with Gasteiger partial charge < -0.3 is 19.0 Å². The number of furan rings is 1. The summed E-state index contributed by atoms with van der Waals surface area (Å²) in [5.41, 5.74) is 0.104. The molecule has 0 bridgehead atoms. The first-order valence-electron chi connectivity index (χ1n) is 5.71. The zero-order valence-corrected chi connectivity index (χ0v) is 10.6. The summed E-state index contributed by atoms with van der Waals surface area (Å²) >= 11 is 0. The standard InChI is InChI=1S/C14H12O6/c1-18-13(16)14(17,20-11-8-5-9-19-11)12(15)10-6-3-2-4-7-10/h2-9,17H,1H3. The number of carbonyl (C=O) groups is 2. The van der Waals surface area contributed by atoms with Crippen LogP contribution < -0.4 is 4.74 Å². The molecule has 1 unspecified atom stereocenters. The van der Waals surface area contributed by atoms with Crippen molar-refractivity contribution in [2.24, 2.45) is 0 Å². The van der Waals surface area contributed by atoms with Gasteiger partial charge in [0.2, 0.25) is 5.78 Å². The molecule has 0 saturated heterocycles. The lowest BCUT2D eigenvalue weighted by Crippen LogP contribution is -2.52. The first-order chi connectivity index (χ1) is 9.58.